The number of carbonyl (C=O) groups is 1. The molecule has 0 unspecified atom stereocenters. The molecule has 1 amide bonds. The van der Waals surface area contributed by atoms with E-state index in [4.69, 9.17) is 0 Å². The fourth-order valence-electron chi connectivity index (χ4n) is 2.65. The van der Waals surface area contributed by atoms with E-state index in [9.17, 15) is 4.79 Å². The molecule has 24 heavy (non-hydrogen) atoms. The predicted octanol–water partition coefficient (Wildman–Crippen LogP) is 3.46. The van der Waals surface area contributed by atoms with Crippen LogP contribution in [0.1, 0.15) is 30.5 Å². The summed E-state index contributed by atoms with van der Waals surface area (Å²) in [6.45, 7) is 2.59. The molecule has 122 valence electrons. The van der Waals surface area contributed by atoms with Crippen molar-refractivity contribution in [1.82, 2.24) is 14.8 Å². The normalized spacial score (nSPS) is 11.9. The molecule has 0 radical (unpaired) electrons. The van der Waals surface area contributed by atoms with Gasteiger partial charge in [-0.3, -0.25) is 14.5 Å². The lowest BCUT2D eigenvalue weighted by Crippen LogP contribution is -2.21. The summed E-state index contributed by atoms with van der Waals surface area (Å²) in [6, 6.07) is 17.4. The van der Waals surface area contributed by atoms with Crippen molar-refractivity contribution in [2.24, 2.45) is 0 Å². The van der Waals surface area contributed by atoms with E-state index in [0.717, 1.165) is 17.7 Å². The third-order valence-corrected chi connectivity index (χ3v) is 3.87. The van der Waals surface area contributed by atoms with Crippen molar-refractivity contribution in [3.8, 4) is 0 Å². The number of hydrogen-bond donors (Lipinski definition) is 1. The Morgan fingerprint density at radius 3 is 2.62 bits per heavy atom. The molecule has 0 aliphatic rings. The molecular weight excluding hydrogens is 300 g/mol. The maximum absolute atomic E-state index is 12.5. The number of pyridine rings is 1. The van der Waals surface area contributed by atoms with E-state index in [1.165, 1.54) is 0 Å². The number of aromatic nitrogens is 3. The van der Waals surface area contributed by atoms with Crippen LogP contribution in [0.15, 0.2) is 67.0 Å². The molecule has 0 bridgehead atoms. The molecule has 0 saturated carbocycles. The number of rotatable bonds is 6. The van der Waals surface area contributed by atoms with Crippen LogP contribution in [-0.4, -0.2) is 20.7 Å². The molecule has 3 rings (SSSR count). The van der Waals surface area contributed by atoms with Crippen LogP contribution >= 0.6 is 0 Å². The molecule has 5 heteroatoms. The lowest BCUT2D eigenvalue weighted by Gasteiger charge is -2.14. The Morgan fingerprint density at radius 1 is 1.12 bits per heavy atom. The van der Waals surface area contributed by atoms with Gasteiger partial charge in [-0.25, -0.2) is 0 Å². The Balaban J connectivity index is 1.66. The molecule has 1 atom stereocenters. The standard InChI is InChI=1S/C19H20N4O/c1-2-17(15-8-4-3-5-9-15)19(24)21-18-11-13-23(22-18)14-16-10-6-7-12-20-16/h3-13,17H,2,14H2,1H3,(H,21,22,24)/t17-/m1/s1. The molecule has 5 nitrogen and oxygen atoms in total. The smallest absolute Gasteiger partial charge is 0.233 e. The highest BCUT2D eigenvalue weighted by atomic mass is 16.2. The maximum atomic E-state index is 12.5. The van der Waals surface area contributed by atoms with Gasteiger partial charge in [0, 0.05) is 18.5 Å². The van der Waals surface area contributed by atoms with E-state index in [-0.39, 0.29) is 11.8 Å². The van der Waals surface area contributed by atoms with Crippen LogP contribution in [0.2, 0.25) is 0 Å². The number of hydrogen-bond acceptors (Lipinski definition) is 3. The highest BCUT2D eigenvalue weighted by Crippen LogP contribution is 2.21. The highest BCUT2D eigenvalue weighted by molar-refractivity contribution is 5.95. The third kappa shape index (κ3) is 3.87. The highest BCUT2D eigenvalue weighted by Gasteiger charge is 2.19. The molecule has 2 heterocycles. The average Bonchev–Trinajstić information content (AvgIpc) is 3.04. The first-order valence-electron chi connectivity index (χ1n) is 8.05. The minimum absolute atomic E-state index is 0.0354. The second kappa shape index (κ2) is 7.55. The van der Waals surface area contributed by atoms with Crippen LogP contribution in [0.25, 0.3) is 0 Å². The Morgan fingerprint density at radius 2 is 1.92 bits per heavy atom. The summed E-state index contributed by atoms with van der Waals surface area (Å²) in [5.41, 5.74) is 1.94. The molecular formula is C19H20N4O. The van der Waals surface area contributed by atoms with Crippen molar-refractivity contribution in [2.75, 3.05) is 5.32 Å². The molecule has 0 spiro atoms. The lowest BCUT2D eigenvalue weighted by molar-refractivity contribution is -0.117. The fraction of sp³-hybridized carbons (Fsp3) is 0.211. The second-order valence-corrected chi connectivity index (χ2v) is 5.58. The zero-order valence-electron chi connectivity index (χ0n) is 13.6. The number of benzene rings is 1. The Hall–Kier alpha value is -2.95. The minimum Gasteiger partial charge on any atom is -0.309 e. The lowest BCUT2D eigenvalue weighted by atomic mass is 9.96. The monoisotopic (exact) mass is 320 g/mol. The molecule has 0 aliphatic heterocycles. The van der Waals surface area contributed by atoms with E-state index < -0.39 is 0 Å². The van der Waals surface area contributed by atoms with Crippen LogP contribution in [0.4, 0.5) is 5.82 Å². The van der Waals surface area contributed by atoms with Gasteiger partial charge in [-0.15, -0.1) is 0 Å². The van der Waals surface area contributed by atoms with Crippen molar-refractivity contribution in [2.45, 2.75) is 25.8 Å². The predicted molar refractivity (Wildman–Crippen MR) is 93.7 cm³/mol. The Kier molecular flexibility index (Phi) is 5.01. The zero-order valence-corrected chi connectivity index (χ0v) is 13.6. The number of nitrogens with zero attached hydrogens (tertiary/aromatic N) is 3. The van der Waals surface area contributed by atoms with Gasteiger partial charge in [0.1, 0.15) is 0 Å². The summed E-state index contributed by atoms with van der Waals surface area (Å²) < 4.78 is 1.77. The van der Waals surface area contributed by atoms with E-state index in [1.54, 1.807) is 16.9 Å². The van der Waals surface area contributed by atoms with Crippen LogP contribution in [-0.2, 0) is 11.3 Å². The molecule has 0 saturated heterocycles. The van der Waals surface area contributed by atoms with Crippen molar-refractivity contribution in [3.05, 3.63) is 78.2 Å². The largest absolute Gasteiger partial charge is 0.309 e. The van der Waals surface area contributed by atoms with Crippen molar-refractivity contribution in [3.63, 3.8) is 0 Å². The number of nitrogens with one attached hydrogen (secondary N) is 1. The van der Waals surface area contributed by atoms with Gasteiger partial charge in [0.15, 0.2) is 5.82 Å². The Bertz CT molecular complexity index is 783. The first kappa shape index (κ1) is 15.9. The summed E-state index contributed by atoms with van der Waals surface area (Å²) in [4.78, 5) is 16.8. The molecule has 2 aromatic heterocycles. The summed E-state index contributed by atoms with van der Waals surface area (Å²) >= 11 is 0. The average molecular weight is 320 g/mol. The summed E-state index contributed by atoms with van der Waals surface area (Å²) in [7, 11) is 0. The van der Waals surface area contributed by atoms with Crippen molar-refractivity contribution < 1.29 is 4.79 Å². The summed E-state index contributed by atoms with van der Waals surface area (Å²) in [6.07, 6.45) is 4.34. The Labute approximate surface area is 141 Å². The minimum atomic E-state index is -0.174. The van der Waals surface area contributed by atoms with E-state index >= 15 is 0 Å². The topological polar surface area (TPSA) is 59.8 Å². The maximum Gasteiger partial charge on any atom is 0.233 e. The van der Waals surface area contributed by atoms with Gasteiger partial charge < -0.3 is 5.32 Å². The van der Waals surface area contributed by atoms with Gasteiger partial charge in [-0.05, 0) is 24.1 Å². The molecule has 0 aliphatic carbocycles. The van der Waals surface area contributed by atoms with E-state index in [1.807, 2.05) is 61.7 Å². The first-order valence-corrected chi connectivity index (χ1v) is 8.05. The van der Waals surface area contributed by atoms with Gasteiger partial charge in [0.25, 0.3) is 0 Å². The molecule has 1 N–H and O–H groups in total. The van der Waals surface area contributed by atoms with Gasteiger partial charge in [-0.2, -0.15) is 5.10 Å². The van der Waals surface area contributed by atoms with Gasteiger partial charge >= 0.3 is 0 Å². The van der Waals surface area contributed by atoms with Crippen LogP contribution in [0, 0.1) is 0 Å². The van der Waals surface area contributed by atoms with Crippen molar-refractivity contribution >= 4 is 11.7 Å². The second-order valence-electron chi connectivity index (χ2n) is 5.58. The van der Waals surface area contributed by atoms with E-state index in [2.05, 4.69) is 15.4 Å². The number of carbonyl (C=O) groups excluding carboxylic acids is 1. The molecule has 3 aromatic rings. The number of amides is 1. The summed E-state index contributed by atoms with van der Waals surface area (Å²) in [5.74, 6) is 0.351. The van der Waals surface area contributed by atoms with Gasteiger partial charge in [0.2, 0.25) is 5.91 Å². The number of anilines is 1. The first-order chi connectivity index (χ1) is 11.8. The van der Waals surface area contributed by atoms with Gasteiger partial charge in [-0.1, -0.05) is 43.3 Å². The van der Waals surface area contributed by atoms with Crippen LogP contribution in [0.5, 0.6) is 0 Å². The van der Waals surface area contributed by atoms with E-state index in [0.29, 0.717) is 12.4 Å². The zero-order chi connectivity index (χ0) is 16.8. The van der Waals surface area contributed by atoms with Gasteiger partial charge in [0.05, 0.1) is 18.2 Å². The quantitative estimate of drug-likeness (QED) is 0.756. The van der Waals surface area contributed by atoms with Crippen molar-refractivity contribution in [1.29, 1.82) is 0 Å². The molecule has 1 aromatic carbocycles. The van der Waals surface area contributed by atoms with Crippen LogP contribution < -0.4 is 5.32 Å². The SMILES string of the molecule is CC[C@@H](C(=O)Nc1ccn(Cc2ccccn2)n1)c1ccccc1. The molecule has 0 fully saturated rings. The fourth-order valence-corrected chi connectivity index (χ4v) is 2.65. The van der Waals surface area contributed by atoms with Crippen LogP contribution in [0.3, 0.4) is 0 Å². The summed E-state index contributed by atoms with van der Waals surface area (Å²) in [5, 5.41) is 7.31. The third-order valence-electron chi connectivity index (χ3n) is 3.87.